The SMILES string of the molecule is Cc1cnc(C(C)NC(=O)CCCCCCN)o1. The summed E-state index contributed by atoms with van der Waals surface area (Å²) in [7, 11) is 0. The molecule has 0 aliphatic rings. The minimum absolute atomic E-state index is 0.0473. The van der Waals surface area contributed by atoms with Gasteiger partial charge in [0.05, 0.1) is 6.20 Å². The molecule has 1 unspecified atom stereocenters. The van der Waals surface area contributed by atoms with Gasteiger partial charge in [0, 0.05) is 6.42 Å². The first-order valence-electron chi connectivity index (χ1n) is 6.55. The number of rotatable bonds is 8. The van der Waals surface area contributed by atoms with E-state index in [0.29, 0.717) is 12.3 Å². The number of carbonyl (C=O) groups excluding carboxylic acids is 1. The molecule has 0 saturated heterocycles. The van der Waals surface area contributed by atoms with Gasteiger partial charge in [-0.2, -0.15) is 0 Å². The third-order valence-electron chi connectivity index (χ3n) is 2.75. The molecule has 0 aliphatic heterocycles. The molecule has 1 rings (SSSR count). The molecule has 1 heterocycles. The fourth-order valence-corrected chi connectivity index (χ4v) is 1.73. The van der Waals surface area contributed by atoms with E-state index in [4.69, 9.17) is 10.2 Å². The van der Waals surface area contributed by atoms with E-state index in [9.17, 15) is 4.79 Å². The lowest BCUT2D eigenvalue weighted by atomic mass is 10.1. The highest BCUT2D eigenvalue weighted by Crippen LogP contribution is 2.12. The number of nitrogens with two attached hydrogens (primary N) is 1. The third-order valence-corrected chi connectivity index (χ3v) is 2.75. The molecular weight excluding hydrogens is 230 g/mol. The molecule has 5 nitrogen and oxygen atoms in total. The summed E-state index contributed by atoms with van der Waals surface area (Å²) < 4.78 is 5.36. The second kappa shape index (κ2) is 7.87. The number of aryl methyl sites for hydroxylation is 1. The Kier molecular flexibility index (Phi) is 6.43. The summed E-state index contributed by atoms with van der Waals surface area (Å²) in [5.41, 5.74) is 5.41. The van der Waals surface area contributed by atoms with Crippen molar-refractivity contribution in [3.63, 3.8) is 0 Å². The van der Waals surface area contributed by atoms with E-state index in [1.54, 1.807) is 6.20 Å². The van der Waals surface area contributed by atoms with Gasteiger partial charge in [0.15, 0.2) is 0 Å². The van der Waals surface area contributed by atoms with Crippen LogP contribution in [0.4, 0.5) is 0 Å². The van der Waals surface area contributed by atoms with Crippen LogP contribution in [0.5, 0.6) is 0 Å². The van der Waals surface area contributed by atoms with Crippen LogP contribution in [0.1, 0.15) is 56.7 Å². The van der Waals surface area contributed by atoms with Gasteiger partial charge in [-0.25, -0.2) is 4.98 Å². The van der Waals surface area contributed by atoms with Crippen LogP contribution in [0.2, 0.25) is 0 Å². The van der Waals surface area contributed by atoms with Crippen molar-refractivity contribution in [1.82, 2.24) is 10.3 Å². The molecule has 0 radical (unpaired) electrons. The third kappa shape index (κ3) is 5.31. The summed E-state index contributed by atoms with van der Waals surface area (Å²) >= 11 is 0. The molecule has 0 bridgehead atoms. The molecule has 3 N–H and O–H groups in total. The number of oxazole rings is 1. The highest BCUT2D eigenvalue weighted by atomic mass is 16.4. The Hall–Kier alpha value is -1.36. The standard InChI is InChI=1S/C13H23N3O2/c1-10-9-15-13(18-10)11(2)16-12(17)7-5-3-4-6-8-14/h9,11H,3-8,14H2,1-2H3,(H,16,17). The summed E-state index contributed by atoms with van der Waals surface area (Å²) in [6, 6.07) is -0.171. The van der Waals surface area contributed by atoms with E-state index in [1.807, 2.05) is 13.8 Å². The summed E-state index contributed by atoms with van der Waals surface area (Å²) in [5.74, 6) is 1.36. The molecule has 0 aliphatic carbocycles. The van der Waals surface area contributed by atoms with Gasteiger partial charge in [-0.15, -0.1) is 0 Å². The Morgan fingerprint density at radius 3 is 2.78 bits per heavy atom. The molecule has 1 atom stereocenters. The molecule has 1 aromatic rings. The maximum atomic E-state index is 11.7. The second-order valence-corrected chi connectivity index (χ2v) is 4.55. The van der Waals surface area contributed by atoms with Crippen LogP contribution >= 0.6 is 0 Å². The molecular formula is C13H23N3O2. The summed E-state index contributed by atoms with van der Waals surface area (Å²) in [4.78, 5) is 15.8. The lowest BCUT2D eigenvalue weighted by Crippen LogP contribution is -2.26. The van der Waals surface area contributed by atoms with E-state index in [2.05, 4.69) is 10.3 Å². The molecule has 0 saturated carbocycles. The molecule has 1 amide bonds. The Morgan fingerprint density at radius 2 is 2.17 bits per heavy atom. The van der Waals surface area contributed by atoms with E-state index in [0.717, 1.165) is 38.0 Å². The Bertz CT molecular complexity index is 363. The average Bonchev–Trinajstić information content (AvgIpc) is 2.75. The molecule has 5 heteroatoms. The lowest BCUT2D eigenvalue weighted by molar-refractivity contribution is -0.122. The quantitative estimate of drug-likeness (QED) is 0.695. The predicted octanol–water partition coefficient (Wildman–Crippen LogP) is 2.07. The van der Waals surface area contributed by atoms with Gasteiger partial charge < -0.3 is 15.5 Å². The minimum atomic E-state index is -0.171. The van der Waals surface area contributed by atoms with Crippen LogP contribution in [-0.2, 0) is 4.79 Å². The van der Waals surface area contributed by atoms with Crippen molar-refractivity contribution in [1.29, 1.82) is 0 Å². The molecule has 18 heavy (non-hydrogen) atoms. The van der Waals surface area contributed by atoms with Crippen molar-refractivity contribution >= 4 is 5.91 Å². The lowest BCUT2D eigenvalue weighted by Gasteiger charge is -2.10. The summed E-state index contributed by atoms with van der Waals surface area (Å²) in [5, 5.41) is 2.88. The molecule has 102 valence electrons. The first kappa shape index (κ1) is 14.7. The summed E-state index contributed by atoms with van der Waals surface area (Å²) in [6.45, 7) is 4.44. The number of carbonyl (C=O) groups is 1. The number of nitrogens with one attached hydrogen (secondary N) is 1. The molecule has 0 spiro atoms. The molecule has 0 aromatic carbocycles. The Labute approximate surface area is 108 Å². The van der Waals surface area contributed by atoms with E-state index in [-0.39, 0.29) is 11.9 Å². The Balaban J connectivity index is 2.19. The predicted molar refractivity (Wildman–Crippen MR) is 69.9 cm³/mol. The topological polar surface area (TPSA) is 81.2 Å². The second-order valence-electron chi connectivity index (χ2n) is 4.55. The van der Waals surface area contributed by atoms with E-state index in [1.165, 1.54) is 0 Å². The highest BCUT2D eigenvalue weighted by Gasteiger charge is 2.13. The Morgan fingerprint density at radius 1 is 1.44 bits per heavy atom. The van der Waals surface area contributed by atoms with Crippen LogP contribution in [0.25, 0.3) is 0 Å². The number of unbranched alkanes of at least 4 members (excludes halogenated alkanes) is 3. The van der Waals surface area contributed by atoms with Crippen molar-refractivity contribution < 1.29 is 9.21 Å². The van der Waals surface area contributed by atoms with Crippen LogP contribution < -0.4 is 11.1 Å². The summed E-state index contributed by atoms with van der Waals surface area (Å²) in [6.07, 6.45) is 6.30. The fourth-order valence-electron chi connectivity index (χ4n) is 1.73. The molecule has 1 aromatic heterocycles. The van der Waals surface area contributed by atoms with Crippen LogP contribution in [0, 0.1) is 6.92 Å². The highest BCUT2D eigenvalue weighted by molar-refractivity contribution is 5.76. The zero-order valence-electron chi connectivity index (χ0n) is 11.2. The van der Waals surface area contributed by atoms with Crippen molar-refractivity contribution in [2.75, 3.05) is 6.54 Å². The number of nitrogens with zero attached hydrogens (tertiary/aromatic N) is 1. The monoisotopic (exact) mass is 253 g/mol. The van der Waals surface area contributed by atoms with Crippen molar-refractivity contribution in [3.8, 4) is 0 Å². The number of amides is 1. The van der Waals surface area contributed by atoms with Crippen molar-refractivity contribution in [2.45, 2.75) is 52.0 Å². The van der Waals surface area contributed by atoms with Crippen LogP contribution in [0.15, 0.2) is 10.6 Å². The van der Waals surface area contributed by atoms with Crippen molar-refractivity contribution in [3.05, 3.63) is 17.8 Å². The first-order valence-corrected chi connectivity index (χ1v) is 6.55. The fraction of sp³-hybridized carbons (Fsp3) is 0.692. The van der Waals surface area contributed by atoms with Gasteiger partial charge in [0.25, 0.3) is 0 Å². The van der Waals surface area contributed by atoms with E-state index < -0.39 is 0 Å². The zero-order chi connectivity index (χ0) is 13.4. The largest absolute Gasteiger partial charge is 0.444 e. The number of hydrogen-bond acceptors (Lipinski definition) is 4. The van der Waals surface area contributed by atoms with E-state index >= 15 is 0 Å². The maximum absolute atomic E-state index is 11.7. The van der Waals surface area contributed by atoms with Gasteiger partial charge in [0.1, 0.15) is 11.8 Å². The average molecular weight is 253 g/mol. The maximum Gasteiger partial charge on any atom is 0.220 e. The van der Waals surface area contributed by atoms with Gasteiger partial charge in [0.2, 0.25) is 11.8 Å². The smallest absolute Gasteiger partial charge is 0.220 e. The van der Waals surface area contributed by atoms with Crippen LogP contribution in [0.3, 0.4) is 0 Å². The first-order chi connectivity index (χ1) is 8.63. The van der Waals surface area contributed by atoms with Gasteiger partial charge in [-0.1, -0.05) is 12.8 Å². The van der Waals surface area contributed by atoms with Crippen LogP contribution in [-0.4, -0.2) is 17.4 Å². The number of hydrogen-bond donors (Lipinski definition) is 2. The zero-order valence-corrected chi connectivity index (χ0v) is 11.2. The van der Waals surface area contributed by atoms with Crippen molar-refractivity contribution in [2.24, 2.45) is 5.73 Å². The van der Waals surface area contributed by atoms with Gasteiger partial charge in [-0.3, -0.25) is 4.79 Å². The normalized spacial score (nSPS) is 12.4. The van der Waals surface area contributed by atoms with Gasteiger partial charge in [-0.05, 0) is 33.2 Å². The number of aromatic nitrogens is 1. The minimum Gasteiger partial charge on any atom is -0.444 e. The molecule has 0 fully saturated rings. The van der Waals surface area contributed by atoms with Gasteiger partial charge >= 0.3 is 0 Å².